The van der Waals surface area contributed by atoms with Gasteiger partial charge in [-0.2, -0.15) is 0 Å². The van der Waals surface area contributed by atoms with E-state index >= 15 is 0 Å². The van der Waals surface area contributed by atoms with Crippen molar-refractivity contribution in [3.8, 4) is 5.75 Å². The van der Waals surface area contributed by atoms with Crippen molar-refractivity contribution in [2.45, 2.75) is 101 Å². The molecule has 7 unspecified atom stereocenters. The van der Waals surface area contributed by atoms with Gasteiger partial charge in [0.15, 0.2) is 0 Å². The van der Waals surface area contributed by atoms with Crippen molar-refractivity contribution in [3.63, 3.8) is 0 Å². The van der Waals surface area contributed by atoms with Crippen LogP contribution in [0, 0.1) is 29.6 Å². The van der Waals surface area contributed by atoms with Gasteiger partial charge in [0.2, 0.25) is 0 Å². The summed E-state index contributed by atoms with van der Waals surface area (Å²) in [6.07, 6.45) is 26.0. The number of hydrogen-bond donors (Lipinski definition) is 3. The summed E-state index contributed by atoms with van der Waals surface area (Å²) in [5, 5.41) is 34.7. The molecule has 1 fully saturated rings. The Morgan fingerprint density at radius 3 is 2.40 bits per heavy atom. The van der Waals surface area contributed by atoms with Crippen LogP contribution in [0.4, 0.5) is 0 Å². The lowest BCUT2D eigenvalue weighted by Crippen LogP contribution is -2.48. The minimum atomic E-state index is -0.748. The first kappa shape index (κ1) is 34.4. The van der Waals surface area contributed by atoms with Crippen LogP contribution in [0.2, 0.25) is 0 Å². The molecule has 0 amide bonds. The molecule has 4 heteroatoms. The number of aliphatic hydroxyl groups excluding tert-OH is 1. The highest BCUT2D eigenvalue weighted by Gasteiger charge is 2.50. The van der Waals surface area contributed by atoms with E-state index in [0.717, 1.165) is 54.0 Å². The first-order valence-corrected chi connectivity index (χ1v) is 19.3. The zero-order valence-corrected chi connectivity index (χ0v) is 29.4. The SMILES string of the molecule is O=C(O)C1CC=CCC(CCCCCCC2C=CCC2)C(c2ccc(O)cc2)Cc2cccc(c2)C12CCC1C=c3ccccc3=C(O)C1C2. The van der Waals surface area contributed by atoms with E-state index in [1.807, 2.05) is 30.3 Å². The maximum absolute atomic E-state index is 13.3. The van der Waals surface area contributed by atoms with Crippen LogP contribution in [0.5, 0.6) is 5.75 Å². The Morgan fingerprint density at radius 2 is 1.60 bits per heavy atom. The third-order valence-corrected chi connectivity index (χ3v) is 12.8. The minimum Gasteiger partial charge on any atom is -0.511 e. The summed E-state index contributed by atoms with van der Waals surface area (Å²) in [4.78, 5) is 13.3. The molecule has 3 aromatic rings. The van der Waals surface area contributed by atoms with E-state index in [1.165, 1.54) is 56.1 Å². The van der Waals surface area contributed by atoms with Gasteiger partial charge >= 0.3 is 5.97 Å². The molecule has 1 saturated carbocycles. The van der Waals surface area contributed by atoms with Gasteiger partial charge in [0, 0.05) is 16.6 Å². The largest absolute Gasteiger partial charge is 0.511 e. The van der Waals surface area contributed by atoms with Gasteiger partial charge in [-0.25, -0.2) is 0 Å². The monoisotopic (exact) mass is 670 g/mol. The van der Waals surface area contributed by atoms with Gasteiger partial charge in [-0.1, -0.05) is 117 Å². The number of aliphatic hydroxyl groups is 1. The lowest BCUT2D eigenvalue weighted by Gasteiger charge is -2.48. The number of aromatic hydroxyl groups is 1. The highest BCUT2D eigenvalue weighted by molar-refractivity contribution is 5.73. The van der Waals surface area contributed by atoms with E-state index in [0.29, 0.717) is 24.5 Å². The van der Waals surface area contributed by atoms with Crippen LogP contribution in [-0.4, -0.2) is 21.3 Å². The third kappa shape index (κ3) is 7.36. The minimum absolute atomic E-state index is 0.107. The number of benzene rings is 3. The molecule has 1 spiro atoms. The van der Waals surface area contributed by atoms with Crippen LogP contribution < -0.4 is 10.4 Å². The molecule has 4 aliphatic carbocycles. The Bertz CT molecular complexity index is 1820. The number of unbranched alkanes of at least 4 members (excludes halogenated alkanes) is 3. The molecule has 3 aromatic carbocycles. The van der Waals surface area contributed by atoms with E-state index < -0.39 is 17.3 Å². The van der Waals surface area contributed by atoms with Gasteiger partial charge in [0.1, 0.15) is 11.5 Å². The molecule has 2 bridgehead atoms. The molecule has 50 heavy (non-hydrogen) atoms. The normalized spacial score (nSPS) is 29.0. The molecule has 7 rings (SSSR count). The Kier molecular flexibility index (Phi) is 10.6. The lowest BCUT2D eigenvalue weighted by molar-refractivity contribution is -0.145. The van der Waals surface area contributed by atoms with Crippen LogP contribution in [0.1, 0.15) is 106 Å². The molecule has 4 nitrogen and oxygen atoms in total. The topological polar surface area (TPSA) is 77.8 Å². The van der Waals surface area contributed by atoms with Crippen molar-refractivity contribution in [1.29, 1.82) is 0 Å². The summed E-state index contributed by atoms with van der Waals surface area (Å²) in [6, 6.07) is 24.7. The highest BCUT2D eigenvalue weighted by Crippen LogP contribution is 2.53. The van der Waals surface area contributed by atoms with Crippen LogP contribution in [-0.2, 0) is 16.6 Å². The standard InChI is InChI=1S/C46H54O4/c47-39-24-22-35(23-25-39)41-29-33-15-11-19-38(28-33)46(27-26-37-30-36-18-7-9-20-40(36)44(48)42(37)31-46)43(45(49)50)21-10-8-17-34(41)16-4-2-1-3-12-32-13-5-6-14-32/h5,7-11,13,15,18-20,22-25,28,30,32,34,37,41-43,47-48H,1-4,6,12,14,16-17,21,26-27,29,31H2,(H,49,50). The lowest BCUT2D eigenvalue weighted by atomic mass is 9.55. The van der Waals surface area contributed by atoms with E-state index in [2.05, 4.69) is 72.8 Å². The zero-order valence-electron chi connectivity index (χ0n) is 29.4. The number of allylic oxidation sites excluding steroid dienone is 4. The predicted octanol–water partition coefficient (Wildman–Crippen LogP) is 9.51. The summed E-state index contributed by atoms with van der Waals surface area (Å²) >= 11 is 0. The smallest absolute Gasteiger partial charge is 0.307 e. The number of rotatable bonds is 9. The number of fused-ring (bicyclic) bond motifs is 5. The van der Waals surface area contributed by atoms with E-state index in [-0.39, 0.29) is 23.5 Å². The maximum atomic E-state index is 13.3. The second kappa shape index (κ2) is 15.5. The Hall–Kier alpha value is -4.05. The molecular weight excluding hydrogens is 617 g/mol. The van der Waals surface area contributed by atoms with Gasteiger partial charge in [0.05, 0.1) is 5.92 Å². The first-order valence-electron chi connectivity index (χ1n) is 19.3. The Morgan fingerprint density at radius 1 is 0.800 bits per heavy atom. The maximum Gasteiger partial charge on any atom is 0.307 e. The molecule has 7 atom stereocenters. The van der Waals surface area contributed by atoms with Crippen molar-refractivity contribution < 1.29 is 20.1 Å². The van der Waals surface area contributed by atoms with Crippen molar-refractivity contribution in [2.24, 2.45) is 29.6 Å². The van der Waals surface area contributed by atoms with Crippen LogP contribution in [0.3, 0.4) is 0 Å². The molecule has 4 aliphatic rings. The highest BCUT2D eigenvalue weighted by atomic mass is 16.4. The van der Waals surface area contributed by atoms with E-state index in [9.17, 15) is 20.1 Å². The molecule has 0 radical (unpaired) electrons. The Labute approximate surface area is 298 Å². The number of carboxylic acids is 1. The number of carboxylic acid groups (broad SMARTS) is 1. The van der Waals surface area contributed by atoms with Gasteiger partial charge in [-0.3, -0.25) is 4.79 Å². The van der Waals surface area contributed by atoms with Crippen LogP contribution in [0.25, 0.3) is 11.8 Å². The van der Waals surface area contributed by atoms with Crippen LogP contribution >= 0.6 is 0 Å². The third-order valence-electron chi connectivity index (χ3n) is 12.8. The molecular formula is C46H54O4. The number of phenols is 1. The van der Waals surface area contributed by atoms with E-state index in [1.54, 1.807) is 0 Å². The first-order chi connectivity index (χ1) is 24.4. The molecule has 3 N–H and O–H groups in total. The molecule has 0 aromatic heterocycles. The Balaban J connectivity index is 1.19. The fraction of sp³-hybridized carbons (Fsp3) is 0.457. The van der Waals surface area contributed by atoms with E-state index in [4.69, 9.17) is 0 Å². The van der Waals surface area contributed by atoms with Gasteiger partial charge in [-0.05, 0) is 122 Å². The summed E-state index contributed by atoms with van der Waals surface area (Å²) in [5.41, 5.74) is 2.99. The van der Waals surface area contributed by atoms with Crippen molar-refractivity contribution >= 4 is 17.8 Å². The van der Waals surface area contributed by atoms with Crippen molar-refractivity contribution in [1.82, 2.24) is 0 Å². The van der Waals surface area contributed by atoms with Gasteiger partial charge < -0.3 is 15.3 Å². The van der Waals surface area contributed by atoms with Gasteiger partial charge in [0.25, 0.3) is 0 Å². The van der Waals surface area contributed by atoms with Gasteiger partial charge in [-0.15, -0.1) is 0 Å². The fourth-order valence-electron chi connectivity index (χ4n) is 10.0. The molecule has 262 valence electrons. The predicted molar refractivity (Wildman–Crippen MR) is 202 cm³/mol. The molecule has 0 aliphatic heterocycles. The average Bonchev–Trinajstić information content (AvgIpc) is 3.65. The number of carbonyl (C=O) groups is 1. The molecule has 0 heterocycles. The molecule has 0 saturated heterocycles. The summed E-state index contributed by atoms with van der Waals surface area (Å²) in [7, 11) is 0. The zero-order chi connectivity index (χ0) is 34.5. The second-order valence-corrected chi connectivity index (χ2v) is 15.8. The second-order valence-electron chi connectivity index (χ2n) is 15.8. The number of hydrogen-bond acceptors (Lipinski definition) is 3. The summed E-state index contributed by atoms with van der Waals surface area (Å²) < 4.78 is 0. The average molecular weight is 671 g/mol. The quantitative estimate of drug-likeness (QED) is 0.157. The number of phenolic OH excluding ortho intramolecular Hbond substituents is 1. The van der Waals surface area contributed by atoms with Crippen molar-refractivity contribution in [3.05, 3.63) is 124 Å². The summed E-state index contributed by atoms with van der Waals surface area (Å²) in [6.45, 7) is 0. The van der Waals surface area contributed by atoms with Crippen molar-refractivity contribution in [2.75, 3.05) is 0 Å². The summed E-state index contributed by atoms with van der Waals surface area (Å²) in [5.74, 6) is 0.941. The van der Waals surface area contributed by atoms with Crippen LogP contribution in [0.15, 0.2) is 97.1 Å². The number of aliphatic carboxylic acids is 1. The fourth-order valence-corrected chi connectivity index (χ4v) is 10.0.